The molecule has 5 heteroatoms. The number of furan rings is 1. The molecule has 1 aliphatic heterocycles. The SMILES string of the molecule is CC1(C)[C@@H]2CC3OB(Cc4coc5c(Cl)cccc45)O[C@@]3(C)[C@H]1C2. The molecule has 4 atom stereocenters. The first-order chi connectivity index (χ1) is 11.4. The maximum Gasteiger partial charge on any atom is 0.462 e. The van der Waals surface area contributed by atoms with Crippen LogP contribution in [0.15, 0.2) is 28.9 Å². The van der Waals surface area contributed by atoms with Crippen LogP contribution < -0.4 is 0 Å². The summed E-state index contributed by atoms with van der Waals surface area (Å²) in [6.07, 6.45) is 5.12. The highest BCUT2D eigenvalue weighted by atomic mass is 35.5. The Bertz CT molecular complexity index is 816. The molecular formula is C19H22BClO3. The fourth-order valence-corrected chi connectivity index (χ4v) is 5.67. The van der Waals surface area contributed by atoms with Gasteiger partial charge in [-0.2, -0.15) is 0 Å². The van der Waals surface area contributed by atoms with Gasteiger partial charge < -0.3 is 13.7 Å². The van der Waals surface area contributed by atoms with Crippen LogP contribution in [0.3, 0.4) is 0 Å². The molecule has 3 aliphatic carbocycles. The van der Waals surface area contributed by atoms with E-state index in [4.69, 9.17) is 25.3 Å². The van der Waals surface area contributed by atoms with E-state index in [-0.39, 0.29) is 18.8 Å². The zero-order valence-corrected chi connectivity index (χ0v) is 15.1. The summed E-state index contributed by atoms with van der Waals surface area (Å²) < 4.78 is 18.5. The normalized spacial score (nSPS) is 36.7. The van der Waals surface area contributed by atoms with Crippen LogP contribution in [0.2, 0.25) is 5.02 Å². The first-order valence-electron chi connectivity index (χ1n) is 8.87. The number of halogens is 1. The van der Waals surface area contributed by atoms with E-state index in [0.717, 1.165) is 28.9 Å². The minimum Gasteiger partial charge on any atom is -0.463 e. The van der Waals surface area contributed by atoms with Crippen LogP contribution in [-0.4, -0.2) is 18.8 Å². The molecule has 0 N–H and O–H groups in total. The maximum atomic E-state index is 6.49. The van der Waals surface area contributed by atoms with Crippen LogP contribution in [0.5, 0.6) is 0 Å². The van der Waals surface area contributed by atoms with Gasteiger partial charge in [-0.05, 0) is 48.6 Å². The number of benzene rings is 1. The van der Waals surface area contributed by atoms with E-state index >= 15 is 0 Å². The first-order valence-corrected chi connectivity index (χ1v) is 9.25. The van der Waals surface area contributed by atoms with Crippen molar-refractivity contribution >= 4 is 29.7 Å². The Hall–Kier alpha value is -0.965. The van der Waals surface area contributed by atoms with E-state index in [1.165, 1.54) is 6.42 Å². The van der Waals surface area contributed by atoms with E-state index in [2.05, 4.69) is 20.8 Å². The van der Waals surface area contributed by atoms with Crippen molar-refractivity contribution in [1.82, 2.24) is 0 Å². The van der Waals surface area contributed by atoms with Crippen molar-refractivity contribution in [3.63, 3.8) is 0 Å². The van der Waals surface area contributed by atoms with Crippen molar-refractivity contribution in [3.05, 3.63) is 35.0 Å². The van der Waals surface area contributed by atoms with Gasteiger partial charge in [0, 0.05) is 11.7 Å². The van der Waals surface area contributed by atoms with Gasteiger partial charge in [-0.3, -0.25) is 0 Å². The third-order valence-electron chi connectivity index (χ3n) is 7.02. The quantitative estimate of drug-likeness (QED) is 0.726. The molecule has 1 aromatic heterocycles. The summed E-state index contributed by atoms with van der Waals surface area (Å²) in [7, 11) is -0.199. The Morgan fingerprint density at radius 2 is 2.08 bits per heavy atom. The Morgan fingerprint density at radius 3 is 2.88 bits per heavy atom. The lowest BCUT2D eigenvalue weighted by molar-refractivity contribution is -0.199. The molecule has 0 amide bonds. The van der Waals surface area contributed by atoms with Crippen molar-refractivity contribution in [1.29, 1.82) is 0 Å². The molecule has 2 bridgehead atoms. The van der Waals surface area contributed by atoms with Gasteiger partial charge in [0.2, 0.25) is 0 Å². The molecular weight excluding hydrogens is 322 g/mol. The lowest BCUT2D eigenvalue weighted by Gasteiger charge is -2.64. The highest BCUT2D eigenvalue weighted by Crippen LogP contribution is 2.65. The van der Waals surface area contributed by atoms with Gasteiger partial charge in [0.05, 0.1) is 23.0 Å². The molecule has 1 unspecified atom stereocenters. The molecule has 0 radical (unpaired) electrons. The molecule has 1 saturated heterocycles. The van der Waals surface area contributed by atoms with Crippen LogP contribution in [0.4, 0.5) is 0 Å². The van der Waals surface area contributed by atoms with Crippen LogP contribution in [-0.2, 0) is 15.6 Å². The zero-order chi connectivity index (χ0) is 16.7. The van der Waals surface area contributed by atoms with E-state index in [1.54, 1.807) is 6.26 Å². The summed E-state index contributed by atoms with van der Waals surface area (Å²) in [6, 6.07) is 5.85. The smallest absolute Gasteiger partial charge is 0.462 e. The summed E-state index contributed by atoms with van der Waals surface area (Å²) >= 11 is 6.21. The third-order valence-corrected chi connectivity index (χ3v) is 7.32. The molecule has 24 heavy (non-hydrogen) atoms. The number of hydrogen-bond donors (Lipinski definition) is 0. The molecule has 3 saturated carbocycles. The Labute approximate surface area is 147 Å². The summed E-state index contributed by atoms with van der Waals surface area (Å²) in [5.41, 5.74) is 2.07. The highest BCUT2D eigenvalue weighted by molar-refractivity contribution is 6.45. The molecule has 2 heterocycles. The minimum absolute atomic E-state index is 0.153. The summed E-state index contributed by atoms with van der Waals surface area (Å²) in [5, 5.41) is 1.70. The van der Waals surface area contributed by atoms with Crippen molar-refractivity contribution in [3.8, 4) is 0 Å². The Morgan fingerprint density at radius 1 is 1.25 bits per heavy atom. The second kappa shape index (κ2) is 4.81. The number of hydrogen-bond acceptors (Lipinski definition) is 3. The Kier molecular flexibility index (Phi) is 3.07. The third kappa shape index (κ3) is 1.88. The average Bonchev–Trinajstić information content (AvgIpc) is 3.08. The zero-order valence-electron chi connectivity index (χ0n) is 14.3. The fraction of sp³-hybridized carbons (Fsp3) is 0.579. The van der Waals surface area contributed by atoms with Crippen molar-refractivity contribution in [2.24, 2.45) is 17.3 Å². The first kappa shape index (κ1) is 15.3. The van der Waals surface area contributed by atoms with Gasteiger partial charge in [0.1, 0.15) is 0 Å². The van der Waals surface area contributed by atoms with Crippen LogP contribution in [0.1, 0.15) is 39.2 Å². The molecule has 1 aromatic carbocycles. The van der Waals surface area contributed by atoms with E-state index in [0.29, 0.717) is 22.7 Å². The van der Waals surface area contributed by atoms with Gasteiger partial charge in [0.25, 0.3) is 0 Å². The summed E-state index contributed by atoms with van der Waals surface area (Å²) in [5.74, 6) is 1.37. The fourth-order valence-electron chi connectivity index (χ4n) is 5.45. The van der Waals surface area contributed by atoms with Gasteiger partial charge in [-0.25, -0.2) is 0 Å². The highest BCUT2D eigenvalue weighted by Gasteiger charge is 2.67. The lowest BCUT2D eigenvalue weighted by atomic mass is 9.43. The maximum absolute atomic E-state index is 6.49. The number of para-hydroxylation sites is 1. The second-order valence-electron chi connectivity index (χ2n) is 8.48. The lowest BCUT2D eigenvalue weighted by Crippen LogP contribution is -2.65. The molecule has 3 nitrogen and oxygen atoms in total. The number of rotatable bonds is 2. The molecule has 6 rings (SSSR count). The largest absolute Gasteiger partial charge is 0.463 e. The average molecular weight is 345 g/mol. The van der Waals surface area contributed by atoms with E-state index in [9.17, 15) is 0 Å². The van der Waals surface area contributed by atoms with Gasteiger partial charge in [0.15, 0.2) is 5.58 Å². The van der Waals surface area contributed by atoms with Crippen LogP contribution in [0, 0.1) is 17.3 Å². The van der Waals surface area contributed by atoms with E-state index < -0.39 is 0 Å². The second-order valence-corrected chi connectivity index (χ2v) is 8.89. The van der Waals surface area contributed by atoms with Gasteiger partial charge in [-0.15, -0.1) is 0 Å². The Balaban J connectivity index is 1.41. The molecule has 2 aromatic rings. The minimum atomic E-state index is -0.199. The molecule has 0 spiro atoms. The van der Waals surface area contributed by atoms with Crippen LogP contribution in [0.25, 0.3) is 11.0 Å². The summed E-state index contributed by atoms with van der Waals surface area (Å²) in [4.78, 5) is 0. The van der Waals surface area contributed by atoms with Crippen molar-refractivity contribution in [2.45, 2.75) is 51.6 Å². The molecule has 4 fully saturated rings. The number of fused-ring (bicyclic) bond motifs is 1. The van der Waals surface area contributed by atoms with Crippen LogP contribution >= 0.6 is 11.6 Å². The standard InChI is InChI=1S/C19H22BClO3/c1-18(2)12-7-15(18)19(3)16(8-12)23-20(24-19)9-11-10-22-17-13(11)5-4-6-14(17)21/h4-6,10,12,15-16H,7-9H2,1-3H3/t12-,15-,16?,19-/m0/s1. The van der Waals surface area contributed by atoms with Gasteiger partial charge >= 0.3 is 7.12 Å². The molecule has 126 valence electrons. The monoisotopic (exact) mass is 344 g/mol. The van der Waals surface area contributed by atoms with Crippen molar-refractivity contribution < 1.29 is 13.7 Å². The van der Waals surface area contributed by atoms with Gasteiger partial charge in [-0.1, -0.05) is 37.6 Å². The summed E-state index contributed by atoms with van der Waals surface area (Å²) in [6.45, 7) is 7.02. The predicted octanol–water partition coefficient (Wildman–Crippen LogP) is 4.90. The topological polar surface area (TPSA) is 31.6 Å². The van der Waals surface area contributed by atoms with E-state index in [1.807, 2.05) is 18.2 Å². The molecule has 4 aliphatic rings. The van der Waals surface area contributed by atoms with Crippen molar-refractivity contribution in [2.75, 3.05) is 0 Å². The predicted molar refractivity (Wildman–Crippen MR) is 95.0 cm³/mol.